The molecule has 0 amide bonds. The molecule has 0 atom stereocenters. The van der Waals surface area contributed by atoms with Gasteiger partial charge in [-0.15, -0.1) is 0 Å². The van der Waals surface area contributed by atoms with Gasteiger partial charge in [0.1, 0.15) is 5.76 Å². The van der Waals surface area contributed by atoms with Gasteiger partial charge in [-0.1, -0.05) is 18.2 Å². The summed E-state index contributed by atoms with van der Waals surface area (Å²) in [6.07, 6.45) is 0. The van der Waals surface area contributed by atoms with Gasteiger partial charge in [0, 0.05) is 11.3 Å². The van der Waals surface area contributed by atoms with E-state index in [-0.39, 0.29) is 11.7 Å². The monoisotopic (exact) mass is 296 g/mol. The summed E-state index contributed by atoms with van der Waals surface area (Å²) < 4.78 is 30.5. The largest absolute Gasteiger partial charge is 0.446 e. The zero-order valence-corrected chi connectivity index (χ0v) is 11.8. The fourth-order valence-corrected chi connectivity index (χ4v) is 2.38. The normalized spacial score (nSPS) is 11.5. The molecule has 108 valence electrons. The van der Waals surface area contributed by atoms with Crippen LogP contribution in [0.4, 0.5) is 5.69 Å². The Morgan fingerprint density at radius 1 is 1.20 bits per heavy atom. The van der Waals surface area contributed by atoms with Crippen LogP contribution < -0.4 is 10.0 Å². The van der Waals surface area contributed by atoms with Gasteiger partial charge in [0.05, 0.1) is 13.2 Å². The van der Waals surface area contributed by atoms with Gasteiger partial charge in [-0.2, -0.15) is 0 Å². The second-order valence-corrected chi connectivity index (χ2v) is 5.91. The molecule has 0 saturated carbocycles. The van der Waals surface area contributed by atoms with E-state index in [4.69, 9.17) is 4.42 Å². The van der Waals surface area contributed by atoms with Gasteiger partial charge < -0.3 is 14.8 Å². The molecule has 0 radical (unpaired) electrons. The molecule has 3 N–H and O–H groups in total. The van der Waals surface area contributed by atoms with Crippen LogP contribution in [0.5, 0.6) is 0 Å². The number of anilines is 1. The van der Waals surface area contributed by atoms with Crippen molar-refractivity contribution in [3.8, 4) is 0 Å². The highest BCUT2D eigenvalue weighted by atomic mass is 32.2. The van der Waals surface area contributed by atoms with E-state index in [0.717, 1.165) is 11.3 Å². The molecule has 2 aromatic rings. The van der Waals surface area contributed by atoms with Crippen molar-refractivity contribution in [2.45, 2.75) is 18.2 Å². The van der Waals surface area contributed by atoms with Crippen molar-refractivity contribution < 1.29 is 17.9 Å². The number of rotatable bonds is 6. The van der Waals surface area contributed by atoms with E-state index in [2.05, 4.69) is 10.0 Å². The van der Waals surface area contributed by atoms with Gasteiger partial charge >= 0.3 is 0 Å². The Balaban J connectivity index is 2.09. The summed E-state index contributed by atoms with van der Waals surface area (Å²) in [5, 5.41) is 12.2. The van der Waals surface area contributed by atoms with Crippen molar-refractivity contribution in [3.63, 3.8) is 0 Å². The summed E-state index contributed by atoms with van der Waals surface area (Å²) in [7, 11) is -2.23. The summed E-state index contributed by atoms with van der Waals surface area (Å²) >= 11 is 0. The first-order chi connectivity index (χ1) is 9.56. The van der Waals surface area contributed by atoms with Crippen molar-refractivity contribution >= 4 is 15.7 Å². The van der Waals surface area contributed by atoms with Crippen molar-refractivity contribution in [3.05, 3.63) is 47.7 Å². The average Bonchev–Trinajstić information content (AvgIpc) is 2.95. The number of aliphatic hydroxyl groups excluding tert-OH is 1. The molecule has 1 aromatic carbocycles. The molecule has 0 bridgehead atoms. The molecule has 7 heteroatoms. The highest BCUT2D eigenvalue weighted by Gasteiger charge is 2.16. The lowest BCUT2D eigenvalue weighted by Crippen LogP contribution is -2.17. The third-order valence-electron chi connectivity index (χ3n) is 2.81. The van der Waals surface area contributed by atoms with Crippen LogP contribution in [0.1, 0.15) is 11.3 Å². The first kappa shape index (κ1) is 14.6. The molecular formula is C13H16N2O4S. The molecule has 0 aliphatic heterocycles. The van der Waals surface area contributed by atoms with Gasteiger partial charge in [-0.3, -0.25) is 0 Å². The van der Waals surface area contributed by atoms with E-state index in [1.807, 2.05) is 18.2 Å². The Morgan fingerprint density at radius 2 is 1.95 bits per heavy atom. The molecule has 0 saturated heterocycles. The zero-order valence-electron chi connectivity index (χ0n) is 11.0. The number of hydrogen-bond donors (Lipinski definition) is 3. The van der Waals surface area contributed by atoms with Crippen molar-refractivity contribution in [1.82, 2.24) is 4.72 Å². The summed E-state index contributed by atoms with van der Waals surface area (Å²) in [5.74, 6) is 0.492. The average molecular weight is 296 g/mol. The maximum Gasteiger partial charge on any atom is 0.273 e. The molecule has 6 nitrogen and oxygen atoms in total. The first-order valence-corrected chi connectivity index (χ1v) is 7.50. The number of furan rings is 1. The van der Waals surface area contributed by atoms with E-state index in [9.17, 15) is 13.5 Å². The minimum absolute atomic E-state index is 0.0687. The van der Waals surface area contributed by atoms with Gasteiger partial charge in [-0.05, 0) is 25.2 Å². The molecule has 0 fully saturated rings. The van der Waals surface area contributed by atoms with Crippen LogP contribution in [0.3, 0.4) is 0 Å². The highest BCUT2D eigenvalue weighted by molar-refractivity contribution is 7.89. The Morgan fingerprint density at radius 3 is 2.65 bits per heavy atom. The molecule has 2 rings (SSSR count). The first-order valence-electron chi connectivity index (χ1n) is 6.01. The van der Waals surface area contributed by atoms with E-state index in [1.54, 1.807) is 12.1 Å². The molecule has 0 aliphatic carbocycles. The van der Waals surface area contributed by atoms with Crippen LogP contribution in [0.25, 0.3) is 0 Å². The smallest absolute Gasteiger partial charge is 0.273 e. The predicted molar refractivity (Wildman–Crippen MR) is 74.6 cm³/mol. The SMILES string of the molecule is CNS(=O)(=O)c1ccc(CNc2ccccc2CO)o1. The number of nitrogens with one attached hydrogen (secondary N) is 2. The molecular weight excluding hydrogens is 280 g/mol. The van der Waals surface area contributed by atoms with Crippen molar-refractivity contribution in [2.75, 3.05) is 12.4 Å². The maximum atomic E-state index is 11.5. The highest BCUT2D eigenvalue weighted by Crippen LogP contribution is 2.18. The summed E-state index contributed by atoms with van der Waals surface area (Å²) in [5.41, 5.74) is 1.55. The number of sulfonamides is 1. The second kappa shape index (κ2) is 6.08. The Hall–Kier alpha value is -1.83. The summed E-state index contributed by atoms with van der Waals surface area (Å²) in [6, 6.07) is 10.3. The quantitative estimate of drug-likeness (QED) is 0.747. The summed E-state index contributed by atoms with van der Waals surface area (Å²) in [6.45, 7) is 0.261. The maximum absolute atomic E-state index is 11.5. The zero-order chi connectivity index (χ0) is 14.6. The fraction of sp³-hybridized carbons (Fsp3) is 0.231. The van der Waals surface area contributed by atoms with Gasteiger partial charge in [-0.25, -0.2) is 13.1 Å². The van der Waals surface area contributed by atoms with Crippen LogP contribution in [0.15, 0.2) is 45.9 Å². The number of hydrogen-bond acceptors (Lipinski definition) is 5. The van der Waals surface area contributed by atoms with Crippen molar-refractivity contribution in [2.24, 2.45) is 0 Å². The van der Waals surface area contributed by atoms with Crippen LogP contribution in [-0.4, -0.2) is 20.6 Å². The van der Waals surface area contributed by atoms with E-state index < -0.39 is 10.0 Å². The number of para-hydroxylation sites is 1. The van der Waals surface area contributed by atoms with E-state index in [1.165, 1.54) is 13.1 Å². The molecule has 0 aliphatic rings. The van der Waals surface area contributed by atoms with Crippen LogP contribution in [-0.2, 0) is 23.2 Å². The van der Waals surface area contributed by atoms with Crippen LogP contribution >= 0.6 is 0 Å². The van der Waals surface area contributed by atoms with Gasteiger partial charge in [0.2, 0.25) is 5.09 Å². The predicted octanol–water partition coefficient (Wildman–Crippen LogP) is 1.29. The lowest BCUT2D eigenvalue weighted by molar-refractivity contribution is 0.282. The number of benzene rings is 1. The lowest BCUT2D eigenvalue weighted by atomic mass is 10.2. The molecule has 1 heterocycles. The molecule has 0 unspecified atom stereocenters. The van der Waals surface area contributed by atoms with Gasteiger partial charge in [0.25, 0.3) is 10.0 Å². The topological polar surface area (TPSA) is 91.6 Å². The third-order valence-corrected chi connectivity index (χ3v) is 4.10. The molecule has 20 heavy (non-hydrogen) atoms. The second-order valence-electron chi connectivity index (χ2n) is 4.10. The van der Waals surface area contributed by atoms with E-state index in [0.29, 0.717) is 12.3 Å². The Bertz CT molecular complexity index is 679. The molecule has 1 aromatic heterocycles. The Labute approximate surface area is 117 Å². The van der Waals surface area contributed by atoms with E-state index >= 15 is 0 Å². The lowest BCUT2D eigenvalue weighted by Gasteiger charge is -2.08. The minimum Gasteiger partial charge on any atom is -0.446 e. The van der Waals surface area contributed by atoms with Crippen LogP contribution in [0, 0.1) is 0 Å². The van der Waals surface area contributed by atoms with Crippen LogP contribution in [0.2, 0.25) is 0 Å². The standard InChI is InChI=1S/C13H16N2O4S/c1-14-20(17,18)13-7-6-11(19-13)8-15-12-5-3-2-4-10(12)9-16/h2-7,14-16H,8-9H2,1H3. The summed E-state index contributed by atoms with van der Waals surface area (Å²) in [4.78, 5) is 0. The Kier molecular flexibility index (Phi) is 4.43. The minimum atomic E-state index is -3.56. The third kappa shape index (κ3) is 3.19. The van der Waals surface area contributed by atoms with Crippen molar-refractivity contribution in [1.29, 1.82) is 0 Å². The fourth-order valence-electron chi connectivity index (χ4n) is 1.71. The van der Waals surface area contributed by atoms with Gasteiger partial charge in [0.15, 0.2) is 0 Å². The molecule has 0 spiro atoms. The number of aliphatic hydroxyl groups is 1.